The van der Waals surface area contributed by atoms with Crippen molar-refractivity contribution in [3.63, 3.8) is 0 Å². The molecule has 0 unspecified atom stereocenters. The fraction of sp³-hybridized carbons (Fsp3) is 0.152. The van der Waals surface area contributed by atoms with Crippen molar-refractivity contribution in [1.29, 1.82) is 0 Å². The van der Waals surface area contributed by atoms with Crippen molar-refractivity contribution in [3.8, 4) is 5.69 Å². The molecular formula is C33H26BrN3OS. The summed E-state index contributed by atoms with van der Waals surface area (Å²) in [5.74, 6) is 0. The summed E-state index contributed by atoms with van der Waals surface area (Å²) in [6.07, 6.45) is 3.88. The molecule has 5 aromatic rings. The van der Waals surface area contributed by atoms with Crippen LogP contribution in [0.1, 0.15) is 46.1 Å². The van der Waals surface area contributed by atoms with E-state index in [0.29, 0.717) is 4.53 Å². The van der Waals surface area contributed by atoms with Crippen LogP contribution in [0.5, 0.6) is 0 Å². The minimum Gasteiger partial charge on any atom is -0.318 e. The zero-order valence-electron chi connectivity index (χ0n) is 21.7. The second kappa shape index (κ2) is 9.47. The predicted molar refractivity (Wildman–Crippen MR) is 162 cm³/mol. The molecule has 2 aliphatic rings. The monoisotopic (exact) mass is 591 g/mol. The molecule has 1 atom stereocenters. The van der Waals surface area contributed by atoms with Gasteiger partial charge in [-0.05, 0) is 85.4 Å². The number of allylic oxidation sites excluding steroid dienone is 1. The van der Waals surface area contributed by atoms with Crippen molar-refractivity contribution in [2.24, 2.45) is 4.99 Å². The second-order valence-corrected chi connectivity index (χ2v) is 12.1. The summed E-state index contributed by atoms with van der Waals surface area (Å²) in [5, 5.41) is 0. The lowest BCUT2D eigenvalue weighted by Gasteiger charge is -2.30. The fourth-order valence-corrected chi connectivity index (χ4v) is 7.27. The third kappa shape index (κ3) is 4.01. The lowest BCUT2D eigenvalue weighted by molar-refractivity contribution is 0.585. The maximum atomic E-state index is 14.1. The van der Waals surface area contributed by atoms with Crippen LogP contribution in [0.2, 0.25) is 0 Å². The number of para-hydroxylation sites is 1. The van der Waals surface area contributed by atoms with Gasteiger partial charge in [0.25, 0.3) is 5.56 Å². The van der Waals surface area contributed by atoms with E-state index >= 15 is 0 Å². The van der Waals surface area contributed by atoms with Gasteiger partial charge in [-0.1, -0.05) is 81.9 Å². The van der Waals surface area contributed by atoms with Crippen molar-refractivity contribution < 1.29 is 0 Å². The van der Waals surface area contributed by atoms with Gasteiger partial charge in [0.2, 0.25) is 0 Å². The number of aromatic nitrogens is 2. The molecule has 0 radical (unpaired) electrons. The highest BCUT2D eigenvalue weighted by Gasteiger charge is 2.32. The average molecular weight is 593 g/mol. The average Bonchev–Trinajstić information content (AvgIpc) is 3.42. The Labute approximate surface area is 239 Å². The summed E-state index contributed by atoms with van der Waals surface area (Å²) in [5.41, 5.74) is 10.3. The minimum absolute atomic E-state index is 0.0154. The summed E-state index contributed by atoms with van der Waals surface area (Å²) in [6, 6.07) is 29.2. The highest BCUT2D eigenvalue weighted by molar-refractivity contribution is 9.10. The molecule has 6 heteroatoms. The van der Waals surface area contributed by atoms with Crippen LogP contribution in [0.4, 0.5) is 0 Å². The van der Waals surface area contributed by atoms with Gasteiger partial charge >= 0.3 is 0 Å². The van der Waals surface area contributed by atoms with Gasteiger partial charge in [0.05, 0.1) is 16.3 Å². The summed E-state index contributed by atoms with van der Waals surface area (Å²) in [4.78, 5) is 20.0. The minimum atomic E-state index is -0.170. The van der Waals surface area contributed by atoms with E-state index in [2.05, 4.69) is 101 Å². The molecule has 0 N–H and O–H groups in total. The quantitative estimate of drug-likeness (QED) is 0.236. The van der Waals surface area contributed by atoms with Gasteiger partial charge in [0, 0.05) is 27.1 Å². The first-order valence-corrected chi connectivity index (χ1v) is 14.7. The molecule has 0 amide bonds. The molecule has 192 valence electrons. The summed E-state index contributed by atoms with van der Waals surface area (Å²) < 4.78 is 5.89. The lowest BCUT2D eigenvalue weighted by Crippen LogP contribution is -2.38. The van der Waals surface area contributed by atoms with Gasteiger partial charge in [0.15, 0.2) is 4.80 Å². The smallest absolute Gasteiger partial charge is 0.271 e. The largest absolute Gasteiger partial charge is 0.318 e. The SMILES string of the molecule is Cc1cc(/C=c2/sc3n(c2=O)[C@@H](c2ccc(Br)cc2)C2=C(N=3)c3ccccc3CC2)c(C)n1-c1ccccc1. The number of thiazole rings is 1. The van der Waals surface area contributed by atoms with E-state index in [4.69, 9.17) is 4.99 Å². The molecule has 0 saturated carbocycles. The van der Waals surface area contributed by atoms with Gasteiger partial charge in [-0.3, -0.25) is 9.36 Å². The fourth-order valence-electron chi connectivity index (χ4n) is 6.02. The van der Waals surface area contributed by atoms with E-state index in [9.17, 15) is 4.79 Å². The topological polar surface area (TPSA) is 39.3 Å². The number of hydrogen-bond acceptors (Lipinski definition) is 3. The van der Waals surface area contributed by atoms with E-state index in [-0.39, 0.29) is 11.6 Å². The first kappa shape index (κ1) is 24.3. The molecule has 2 aromatic heterocycles. The van der Waals surface area contributed by atoms with Crippen LogP contribution in [0, 0.1) is 13.8 Å². The molecule has 0 saturated heterocycles. The van der Waals surface area contributed by atoms with Crippen LogP contribution >= 0.6 is 27.3 Å². The Morgan fingerprint density at radius 3 is 2.49 bits per heavy atom. The Kier molecular flexibility index (Phi) is 5.90. The molecule has 39 heavy (non-hydrogen) atoms. The summed E-state index contributed by atoms with van der Waals surface area (Å²) in [6.45, 7) is 4.22. The van der Waals surface area contributed by atoms with Crippen molar-refractivity contribution in [2.75, 3.05) is 0 Å². The van der Waals surface area contributed by atoms with E-state index in [1.54, 1.807) is 0 Å². The Hall–Kier alpha value is -3.74. The van der Waals surface area contributed by atoms with Crippen molar-refractivity contribution in [1.82, 2.24) is 9.13 Å². The molecule has 1 aliphatic heterocycles. The molecule has 4 nitrogen and oxygen atoms in total. The maximum absolute atomic E-state index is 14.1. The van der Waals surface area contributed by atoms with E-state index in [1.165, 1.54) is 28.0 Å². The van der Waals surface area contributed by atoms with Crippen LogP contribution in [-0.4, -0.2) is 9.13 Å². The molecule has 3 aromatic carbocycles. The van der Waals surface area contributed by atoms with Crippen molar-refractivity contribution in [3.05, 3.63) is 148 Å². The Morgan fingerprint density at radius 2 is 1.69 bits per heavy atom. The standard InChI is InChI=1S/C33H26BrN3OS/c1-20-18-24(21(2)36(20)26-9-4-3-5-10-26)19-29-32(38)37-31(23-12-15-25(34)16-13-23)28-17-14-22-8-6-7-11-27(22)30(28)35-33(37)39-29/h3-13,15-16,18-19,31H,14,17H2,1-2H3/b29-19+/t31-/m0/s1. The Bertz CT molecular complexity index is 1960. The second-order valence-electron chi connectivity index (χ2n) is 10.2. The normalized spacial score (nSPS) is 16.5. The highest BCUT2D eigenvalue weighted by atomic mass is 79.9. The van der Waals surface area contributed by atoms with Crippen molar-refractivity contribution >= 4 is 39.0 Å². The van der Waals surface area contributed by atoms with E-state index in [0.717, 1.165) is 56.0 Å². The number of fused-ring (bicyclic) bond motifs is 3. The highest BCUT2D eigenvalue weighted by Crippen LogP contribution is 2.41. The van der Waals surface area contributed by atoms with Gasteiger partial charge < -0.3 is 4.57 Å². The first-order chi connectivity index (χ1) is 19.0. The molecule has 3 heterocycles. The Balaban J connectivity index is 1.45. The van der Waals surface area contributed by atoms with Gasteiger partial charge in [-0.25, -0.2) is 4.99 Å². The number of hydrogen-bond donors (Lipinski definition) is 0. The molecular weight excluding hydrogens is 566 g/mol. The van der Waals surface area contributed by atoms with Gasteiger partial charge in [0.1, 0.15) is 0 Å². The van der Waals surface area contributed by atoms with Crippen LogP contribution in [-0.2, 0) is 6.42 Å². The lowest BCUT2D eigenvalue weighted by atomic mass is 9.83. The zero-order chi connectivity index (χ0) is 26.7. The molecule has 0 bridgehead atoms. The predicted octanol–water partition coefficient (Wildman–Crippen LogP) is 6.49. The molecule has 0 fully saturated rings. The number of nitrogens with zero attached hydrogens (tertiary/aromatic N) is 3. The van der Waals surface area contributed by atoms with Crippen molar-refractivity contribution in [2.45, 2.75) is 32.7 Å². The molecule has 7 rings (SSSR count). The van der Waals surface area contributed by atoms with Crippen LogP contribution < -0.4 is 14.9 Å². The third-order valence-corrected chi connectivity index (χ3v) is 9.34. The Morgan fingerprint density at radius 1 is 0.949 bits per heavy atom. The van der Waals surface area contributed by atoms with Crippen LogP contribution in [0.15, 0.2) is 105 Å². The number of aryl methyl sites for hydroxylation is 2. The maximum Gasteiger partial charge on any atom is 0.271 e. The number of benzene rings is 3. The zero-order valence-corrected chi connectivity index (χ0v) is 24.1. The third-order valence-electron chi connectivity index (χ3n) is 7.83. The van der Waals surface area contributed by atoms with E-state index in [1.807, 2.05) is 28.8 Å². The number of rotatable bonds is 3. The summed E-state index contributed by atoms with van der Waals surface area (Å²) >= 11 is 5.06. The van der Waals surface area contributed by atoms with Crippen LogP contribution in [0.25, 0.3) is 17.5 Å². The molecule has 0 spiro atoms. The van der Waals surface area contributed by atoms with Gasteiger partial charge in [-0.2, -0.15) is 0 Å². The van der Waals surface area contributed by atoms with E-state index < -0.39 is 0 Å². The first-order valence-electron chi connectivity index (χ1n) is 13.1. The van der Waals surface area contributed by atoms with Crippen LogP contribution in [0.3, 0.4) is 0 Å². The van der Waals surface area contributed by atoms with Gasteiger partial charge in [-0.15, -0.1) is 0 Å². The molecule has 1 aliphatic carbocycles. The summed E-state index contributed by atoms with van der Waals surface area (Å²) in [7, 11) is 0. The number of halogens is 1.